The number of rotatable bonds is 7. The number of amides is 1. The van der Waals surface area contributed by atoms with Gasteiger partial charge in [-0.15, -0.1) is 0 Å². The topological polar surface area (TPSA) is 81.7 Å². The van der Waals surface area contributed by atoms with Crippen LogP contribution in [0.5, 0.6) is 5.75 Å². The average molecular weight is 301 g/mol. The van der Waals surface area contributed by atoms with Crippen molar-refractivity contribution in [3.05, 3.63) is 24.3 Å². The van der Waals surface area contributed by atoms with E-state index in [4.69, 9.17) is 9.47 Å². The van der Waals surface area contributed by atoms with E-state index >= 15 is 0 Å². The molecule has 0 heterocycles. The highest BCUT2D eigenvalue weighted by Gasteiger charge is 2.10. The minimum absolute atomic E-state index is 0.113. The molecule has 0 saturated heterocycles. The number of benzene rings is 1. The summed E-state index contributed by atoms with van der Waals surface area (Å²) in [5, 5.41) is 2.69. The van der Waals surface area contributed by atoms with E-state index < -0.39 is 9.84 Å². The lowest BCUT2D eigenvalue weighted by molar-refractivity contribution is -0.124. The Kier molecular flexibility index (Phi) is 5.97. The van der Waals surface area contributed by atoms with Gasteiger partial charge >= 0.3 is 0 Å². The summed E-state index contributed by atoms with van der Waals surface area (Å²) in [7, 11) is -1.74. The lowest BCUT2D eigenvalue weighted by Crippen LogP contribution is -2.38. The predicted octanol–water partition coefficient (Wildman–Crippen LogP) is 0.620. The van der Waals surface area contributed by atoms with Crippen LogP contribution in [0.15, 0.2) is 29.2 Å². The summed E-state index contributed by atoms with van der Waals surface area (Å²) < 4.78 is 32.9. The van der Waals surface area contributed by atoms with Crippen LogP contribution in [0.2, 0.25) is 0 Å². The van der Waals surface area contributed by atoms with Crippen molar-refractivity contribution in [2.24, 2.45) is 0 Å². The van der Waals surface area contributed by atoms with Crippen molar-refractivity contribution in [2.45, 2.75) is 17.9 Å². The standard InChI is InChI=1S/C13H19NO5S/c1-10(8-18-2)14-13(15)9-19-11-5-4-6-12(7-11)20(3,16)17/h4-7,10H,8-9H2,1-3H3,(H,14,15). The van der Waals surface area contributed by atoms with E-state index in [-0.39, 0.29) is 23.5 Å². The van der Waals surface area contributed by atoms with Gasteiger partial charge in [0.25, 0.3) is 5.91 Å². The monoisotopic (exact) mass is 301 g/mol. The molecule has 20 heavy (non-hydrogen) atoms. The molecule has 1 rings (SSSR count). The molecule has 0 spiro atoms. The summed E-state index contributed by atoms with van der Waals surface area (Å²) in [6, 6.07) is 5.92. The Bertz CT molecular complexity index is 556. The Morgan fingerprint density at radius 3 is 2.70 bits per heavy atom. The highest BCUT2D eigenvalue weighted by Crippen LogP contribution is 2.17. The van der Waals surface area contributed by atoms with Gasteiger partial charge in [-0.2, -0.15) is 0 Å². The number of methoxy groups -OCH3 is 1. The third-order valence-corrected chi connectivity index (χ3v) is 3.54. The predicted molar refractivity (Wildman–Crippen MR) is 74.5 cm³/mol. The molecule has 0 aromatic heterocycles. The first-order chi connectivity index (χ1) is 9.32. The largest absolute Gasteiger partial charge is 0.484 e. The van der Waals surface area contributed by atoms with Gasteiger partial charge in [0.1, 0.15) is 5.75 Å². The van der Waals surface area contributed by atoms with E-state index in [1.54, 1.807) is 19.2 Å². The lowest BCUT2D eigenvalue weighted by Gasteiger charge is -2.13. The van der Waals surface area contributed by atoms with E-state index in [9.17, 15) is 13.2 Å². The summed E-state index contributed by atoms with van der Waals surface area (Å²) in [6.07, 6.45) is 1.12. The van der Waals surface area contributed by atoms with Crippen LogP contribution in [0.4, 0.5) is 0 Å². The van der Waals surface area contributed by atoms with Crippen molar-refractivity contribution in [3.8, 4) is 5.75 Å². The Balaban J connectivity index is 2.56. The van der Waals surface area contributed by atoms with Crippen LogP contribution < -0.4 is 10.1 Å². The van der Waals surface area contributed by atoms with Gasteiger partial charge in [-0.3, -0.25) is 4.79 Å². The van der Waals surface area contributed by atoms with Crippen LogP contribution in [-0.4, -0.2) is 46.9 Å². The summed E-state index contributed by atoms with van der Waals surface area (Å²) in [5.74, 6) is 0.0433. The third kappa shape index (κ3) is 5.58. The highest BCUT2D eigenvalue weighted by molar-refractivity contribution is 7.90. The Hall–Kier alpha value is -1.60. The molecule has 1 atom stereocenters. The van der Waals surface area contributed by atoms with Crippen molar-refractivity contribution in [2.75, 3.05) is 26.6 Å². The molecular formula is C13H19NO5S. The molecule has 0 radical (unpaired) electrons. The van der Waals surface area contributed by atoms with Crippen LogP contribution in [0.25, 0.3) is 0 Å². The van der Waals surface area contributed by atoms with Gasteiger partial charge in [-0.25, -0.2) is 8.42 Å². The normalized spacial score (nSPS) is 12.8. The SMILES string of the molecule is COCC(C)NC(=O)COc1cccc(S(C)(=O)=O)c1. The highest BCUT2D eigenvalue weighted by atomic mass is 32.2. The second kappa shape index (κ2) is 7.25. The van der Waals surface area contributed by atoms with Crippen LogP contribution in [-0.2, 0) is 19.4 Å². The molecular weight excluding hydrogens is 282 g/mol. The number of hydrogen-bond acceptors (Lipinski definition) is 5. The van der Waals surface area contributed by atoms with Gasteiger partial charge in [-0.1, -0.05) is 6.07 Å². The van der Waals surface area contributed by atoms with Crippen LogP contribution in [0, 0.1) is 0 Å². The van der Waals surface area contributed by atoms with Crippen molar-refractivity contribution in [3.63, 3.8) is 0 Å². The average Bonchev–Trinajstić information content (AvgIpc) is 2.36. The number of sulfone groups is 1. The number of ether oxygens (including phenoxy) is 2. The Labute approximate surface area is 119 Å². The maximum atomic E-state index is 11.6. The van der Waals surface area contributed by atoms with Crippen LogP contribution >= 0.6 is 0 Å². The maximum Gasteiger partial charge on any atom is 0.258 e. The van der Waals surface area contributed by atoms with Crippen molar-refractivity contribution >= 4 is 15.7 Å². The number of carbonyl (C=O) groups is 1. The fraction of sp³-hybridized carbons (Fsp3) is 0.462. The van der Waals surface area contributed by atoms with E-state index in [0.717, 1.165) is 6.26 Å². The Morgan fingerprint density at radius 2 is 2.10 bits per heavy atom. The summed E-state index contributed by atoms with van der Waals surface area (Å²) >= 11 is 0. The smallest absolute Gasteiger partial charge is 0.258 e. The number of hydrogen-bond donors (Lipinski definition) is 1. The molecule has 1 aromatic rings. The Morgan fingerprint density at radius 1 is 1.40 bits per heavy atom. The third-order valence-electron chi connectivity index (χ3n) is 2.43. The quantitative estimate of drug-likeness (QED) is 0.798. The minimum atomic E-state index is -3.29. The van der Waals surface area contributed by atoms with E-state index in [0.29, 0.717) is 12.4 Å². The summed E-state index contributed by atoms with van der Waals surface area (Å²) in [6.45, 7) is 2.04. The molecule has 0 saturated carbocycles. The summed E-state index contributed by atoms with van der Waals surface area (Å²) in [5.41, 5.74) is 0. The minimum Gasteiger partial charge on any atom is -0.484 e. The zero-order valence-corrected chi connectivity index (χ0v) is 12.6. The van der Waals surface area contributed by atoms with E-state index in [1.807, 2.05) is 6.92 Å². The van der Waals surface area contributed by atoms with Gasteiger partial charge in [-0.05, 0) is 25.1 Å². The van der Waals surface area contributed by atoms with Gasteiger partial charge in [0.2, 0.25) is 0 Å². The second-order valence-corrected chi connectivity index (χ2v) is 6.48. The molecule has 1 aromatic carbocycles. The first-order valence-electron chi connectivity index (χ1n) is 6.04. The van der Waals surface area contributed by atoms with Crippen molar-refractivity contribution in [1.29, 1.82) is 0 Å². The van der Waals surface area contributed by atoms with E-state index in [1.165, 1.54) is 12.1 Å². The van der Waals surface area contributed by atoms with Crippen LogP contribution in [0.3, 0.4) is 0 Å². The van der Waals surface area contributed by atoms with Crippen molar-refractivity contribution < 1.29 is 22.7 Å². The fourth-order valence-electron chi connectivity index (χ4n) is 1.55. The van der Waals surface area contributed by atoms with E-state index in [2.05, 4.69) is 5.32 Å². The molecule has 0 aliphatic rings. The van der Waals surface area contributed by atoms with Gasteiger partial charge < -0.3 is 14.8 Å². The molecule has 1 unspecified atom stereocenters. The number of nitrogens with one attached hydrogen (secondary N) is 1. The first kappa shape index (κ1) is 16.5. The molecule has 0 bridgehead atoms. The molecule has 0 fully saturated rings. The van der Waals surface area contributed by atoms with Gasteiger partial charge in [0, 0.05) is 19.4 Å². The molecule has 0 aliphatic heterocycles. The molecule has 1 amide bonds. The molecule has 112 valence electrons. The number of carbonyl (C=O) groups excluding carboxylic acids is 1. The van der Waals surface area contributed by atoms with Crippen molar-refractivity contribution in [1.82, 2.24) is 5.32 Å². The molecule has 0 aliphatic carbocycles. The molecule has 1 N–H and O–H groups in total. The molecule has 6 nitrogen and oxygen atoms in total. The zero-order valence-electron chi connectivity index (χ0n) is 11.8. The van der Waals surface area contributed by atoms with Gasteiger partial charge in [0.15, 0.2) is 16.4 Å². The lowest BCUT2D eigenvalue weighted by atomic mass is 10.3. The molecule has 7 heteroatoms. The van der Waals surface area contributed by atoms with Crippen LogP contribution in [0.1, 0.15) is 6.92 Å². The fourth-order valence-corrected chi connectivity index (χ4v) is 2.21. The zero-order chi connectivity index (χ0) is 15.2. The summed E-state index contributed by atoms with van der Waals surface area (Å²) in [4.78, 5) is 11.7. The second-order valence-electron chi connectivity index (χ2n) is 4.46. The first-order valence-corrected chi connectivity index (χ1v) is 7.93. The maximum absolute atomic E-state index is 11.6. The van der Waals surface area contributed by atoms with Gasteiger partial charge in [0.05, 0.1) is 11.5 Å².